The van der Waals surface area contributed by atoms with Crippen molar-refractivity contribution in [2.75, 3.05) is 5.88 Å². The van der Waals surface area contributed by atoms with Gasteiger partial charge < -0.3 is 10.2 Å². The monoisotopic (exact) mass is 382 g/mol. The Hall–Kier alpha value is -1.26. The number of nitrogens with one attached hydrogen (secondary N) is 1. The number of rotatable bonds is 6. The number of carbonyl (C=O) groups is 2. The Balaban J connectivity index is 1.85. The zero-order valence-corrected chi connectivity index (χ0v) is 15.7. The standard InChI is InChI=1S/C19H24Cl2N2O2/c20-12-17(24)23(16-10-11-16)18(13-6-8-14(21)9-7-13)19(25)22-15-4-2-1-3-5-15/h6-9,15-16,18H,1-5,10-12H2,(H,22,25)/t18-/m1/s1. The van der Waals surface area contributed by atoms with Gasteiger partial charge in [0.05, 0.1) is 0 Å². The van der Waals surface area contributed by atoms with Gasteiger partial charge in [0.15, 0.2) is 0 Å². The molecule has 2 aliphatic carbocycles. The average molecular weight is 383 g/mol. The summed E-state index contributed by atoms with van der Waals surface area (Å²) in [5.41, 5.74) is 0.781. The quantitative estimate of drug-likeness (QED) is 0.754. The largest absolute Gasteiger partial charge is 0.351 e. The number of hydrogen-bond donors (Lipinski definition) is 1. The fourth-order valence-electron chi connectivity index (χ4n) is 3.59. The normalized spacial score (nSPS) is 19.3. The summed E-state index contributed by atoms with van der Waals surface area (Å²) in [7, 11) is 0. The van der Waals surface area contributed by atoms with Crippen LogP contribution >= 0.6 is 23.2 Å². The van der Waals surface area contributed by atoms with Crippen molar-refractivity contribution >= 4 is 35.0 Å². The highest BCUT2D eigenvalue weighted by atomic mass is 35.5. The fraction of sp³-hybridized carbons (Fsp3) is 0.579. The summed E-state index contributed by atoms with van der Waals surface area (Å²) in [6.07, 6.45) is 7.36. The van der Waals surface area contributed by atoms with Gasteiger partial charge in [-0.25, -0.2) is 0 Å². The first-order valence-electron chi connectivity index (χ1n) is 9.03. The molecule has 3 rings (SSSR count). The maximum absolute atomic E-state index is 13.1. The van der Waals surface area contributed by atoms with Crippen molar-refractivity contribution in [1.82, 2.24) is 10.2 Å². The molecule has 6 heteroatoms. The SMILES string of the molecule is O=C(NC1CCCCC1)[C@@H](c1ccc(Cl)cc1)N(C(=O)CCl)C1CC1. The predicted molar refractivity (Wildman–Crippen MR) is 99.8 cm³/mol. The van der Waals surface area contributed by atoms with Crippen molar-refractivity contribution < 1.29 is 9.59 Å². The van der Waals surface area contributed by atoms with Crippen LogP contribution < -0.4 is 5.32 Å². The smallest absolute Gasteiger partial charge is 0.247 e. The fourth-order valence-corrected chi connectivity index (χ4v) is 3.85. The lowest BCUT2D eigenvalue weighted by molar-refractivity contribution is -0.140. The molecule has 25 heavy (non-hydrogen) atoms. The van der Waals surface area contributed by atoms with Crippen molar-refractivity contribution in [3.63, 3.8) is 0 Å². The minimum absolute atomic E-state index is 0.101. The minimum Gasteiger partial charge on any atom is -0.351 e. The Morgan fingerprint density at radius 2 is 1.72 bits per heavy atom. The Labute approximate surface area is 158 Å². The van der Waals surface area contributed by atoms with E-state index in [-0.39, 0.29) is 29.8 Å². The van der Waals surface area contributed by atoms with E-state index >= 15 is 0 Å². The van der Waals surface area contributed by atoms with E-state index in [0.717, 1.165) is 44.1 Å². The van der Waals surface area contributed by atoms with E-state index in [9.17, 15) is 9.59 Å². The van der Waals surface area contributed by atoms with Gasteiger partial charge in [0.1, 0.15) is 11.9 Å². The van der Waals surface area contributed by atoms with Crippen LogP contribution in [0.5, 0.6) is 0 Å². The number of benzene rings is 1. The van der Waals surface area contributed by atoms with Gasteiger partial charge in [-0.3, -0.25) is 9.59 Å². The molecule has 1 N–H and O–H groups in total. The van der Waals surface area contributed by atoms with Crippen LogP contribution in [0.25, 0.3) is 0 Å². The van der Waals surface area contributed by atoms with Crippen LogP contribution in [-0.4, -0.2) is 34.7 Å². The minimum atomic E-state index is -0.641. The van der Waals surface area contributed by atoms with E-state index in [1.165, 1.54) is 6.42 Å². The Bertz CT molecular complexity index is 610. The molecular weight excluding hydrogens is 359 g/mol. The van der Waals surface area contributed by atoms with Gasteiger partial charge in [-0.05, 0) is 43.4 Å². The molecule has 0 radical (unpaired) electrons. The van der Waals surface area contributed by atoms with E-state index in [1.54, 1.807) is 17.0 Å². The third kappa shape index (κ3) is 4.68. The third-order valence-electron chi connectivity index (χ3n) is 5.01. The number of alkyl halides is 1. The molecule has 2 amide bonds. The van der Waals surface area contributed by atoms with Crippen molar-refractivity contribution in [1.29, 1.82) is 0 Å². The van der Waals surface area contributed by atoms with E-state index < -0.39 is 6.04 Å². The third-order valence-corrected chi connectivity index (χ3v) is 5.49. The lowest BCUT2D eigenvalue weighted by atomic mass is 9.94. The predicted octanol–water partition coefficient (Wildman–Crippen LogP) is 4.06. The molecule has 4 nitrogen and oxygen atoms in total. The van der Waals surface area contributed by atoms with Gasteiger partial charge in [-0.2, -0.15) is 0 Å². The van der Waals surface area contributed by atoms with Gasteiger partial charge in [0.25, 0.3) is 0 Å². The molecule has 136 valence electrons. The number of hydrogen-bond acceptors (Lipinski definition) is 2. The Morgan fingerprint density at radius 1 is 1.08 bits per heavy atom. The summed E-state index contributed by atoms with van der Waals surface area (Å²) in [6.45, 7) is 0. The first kappa shape index (κ1) is 18.5. The summed E-state index contributed by atoms with van der Waals surface area (Å²) in [6, 6.07) is 6.82. The highest BCUT2D eigenvalue weighted by Gasteiger charge is 2.41. The molecular formula is C19H24Cl2N2O2. The molecule has 2 aliphatic rings. The topological polar surface area (TPSA) is 49.4 Å². The summed E-state index contributed by atoms with van der Waals surface area (Å²) in [5, 5.41) is 3.77. The highest BCUT2D eigenvalue weighted by molar-refractivity contribution is 6.30. The van der Waals surface area contributed by atoms with Gasteiger partial charge in [0.2, 0.25) is 11.8 Å². The second-order valence-corrected chi connectivity index (χ2v) is 7.67. The highest BCUT2D eigenvalue weighted by Crippen LogP contribution is 2.35. The summed E-state index contributed by atoms with van der Waals surface area (Å²) in [4.78, 5) is 27.2. The first-order valence-corrected chi connectivity index (χ1v) is 9.94. The molecule has 0 aromatic heterocycles. The maximum Gasteiger partial charge on any atom is 0.247 e. The number of carbonyl (C=O) groups excluding carboxylic acids is 2. The van der Waals surface area contributed by atoms with Gasteiger partial charge >= 0.3 is 0 Å². The maximum atomic E-state index is 13.1. The van der Waals surface area contributed by atoms with E-state index in [2.05, 4.69) is 5.32 Å². The number of halogens is 2. The van der Waals surface area contributed by atoms with Crippen LogP contribution in [0, 0.1) is 0 Å². The van der Waals surface area contributed by atoms with E-state index in [1.807, 2.05) is 12.1 Å². The van der Waals surface area contributed by atoms with Gasteiger partial charge in [-0.15, -0.1) is 11.6 Å². The molecule has 1 aromatic rings. The van der Waals surface area contributed by atoms with Crippen molar-refractivity contribution in [3.05, 3.63) is 34.9 Å². The van der Waals surface area contributed by atoms with Crippen LogP contribution in [0.2, 0.25) is 5.02 Å². The molecule has 2 fully saturated rings. The Kier molecular flexibility index (Phi) is 6.24. The zero-order chi connectivity index (χ0) is 17.8. The van der Waals surface area contributed by atoms with Crippen LogP contribution in [0.4, 0.5) is 0 Å². The van der Waals surface area contributed by atoms with Gasteiger partial charge in [0, 0.05) is 17.1 Å². The molecule has 1 aromatic carbocycles. The molecule has 1 atom stereocenters. The lowest BCUT2D eigenvalue weighted by Crippen LogP contribution is -2.48. The van der Waals surface area contributed by atoms with Crippen LogP contribution in [0.1, 0.15) is 56.6 Å². The molecule has 0 spiro atoms. The second kappa shape index (κ2) is 8.41. The average Bonchev–Trinajstić information content (AvgIpc) is 3.45. The molecule has 0 heterocycles. The van der Waals surface area contributed by atoms with E-state index in [0.29, 0.717) is 5.02 Å². The number of amides is 2. The zero-order valence-electron chi connectivity index (χ0n) is 14.2. The summed E-state index contributed by atoms with van der Waals surface area (Å²) < 4.78 is 0. The summed E-state index contributed by atoms with van der Waals surface area (Å²) in [5.74, 6) is -0.417. The van der Waals surface area contributed by atoms with Gasteiger partial charge in [-0.1, -0.05) is 43.0 Å². The van der Waals surface area contributed by atoms with Crippen LogP contribution in [0.15, 0.2) is 24.3 Å². The second-order valence-electron chi connectivity index (χ2n) is 6.96. The molecule has 0 aliphatic heterocycles. The van der Waals surface area contributed by atoms with Crippen LogP contribution in [-0.2, 0) is 9.59 Å². The van der Waals surface area contributed by atoms with Crippen molar-refractivity contribution in [2.24, 2.45) is 0 Å². The van der Waals surface area contributed by atoms with E-state index in [4.69, 9.17) is 23.2 Å². The Morgan fingerprint density at radius 3 is 2.28 bits per heavy atom. The first-order chi connectivity index (χ1) is 12.1. The molecule has 0 bridgehead atoms. The lowest BCUT2D eigenvalue weighted by Gasteiger charge is -2.33. The molecule has 0 unspecified atom stereocenters. The summed E-state index contributed by atoms with van der Waals surface area (Å²) >= 11 is 11.8. The number of nitrogens with zero attached hydrogens (tertiary/aromatic N) is 1. The van der Waals surface area contributed by atoms with Crippen molar-refractivity contribution in [2.45, 2.75) is 63.1 Å². The molecule has 2 saturated carbocycles. The molecule has 0 saturated heterocycles. The van der Waals surface area contributed by atoms with Crippen LogP contribution in [0.3, 0.4) is 0 Å². The van der Waals surface area contributed by atoms with Crippen molar-refractivity contribution in [3.8, 4) is 0 Å².